The van der Waals surface area contributed by atoms with Crippen LogP contribution in [0, 0.1) is 0 Å². The van der Waals surface area contributed by atoms with Crippen LogP contribution in [0.1, 0.15) is 22.3 Å². The molecule has 0 spiro atoms. The first-order chi connectivity index (χ1) is 5.29. The number of aliphatic hydroxyl groups is 1. The van der Waals surface area contributed by atoms with Crippen LogP contribution in [0.15, 0.2) is 18.3 Å². The summed E-state index contributed by atoms with van der Waals surface area (Å²) in [4.78, 5) is 14.6. The van der Waals surface area contributed by atoms with Crippen LogP contribution < -0.4 is 0 Å². The van der Waals surface area contributed by atoms with Crippen molar-refractivity contribution in [3.05, 3.63) is 29.6 Å². The van der Waals surface area contributed by atoms with Crippen LogP contribution >= 0.6 is 0 Å². The number of carbonyl (C=O) groups is 1. The Morgan fingerprint density at radius 2 is 2.45 bits per heavy atom. The van der Waals surface area contributed by atoms with Gasteiger partial charge in [-0.25, -0.2) is 4.79 Å². The normalized spacial score (nSPS) is 21.2. The number of nitrogens with zero attached hydrogens (tertiary/aromatic N) is 1. The van der Waals surface area contributed by atoms with Crippen LogP contribution in [0.25, 0.3) is 0 Å². The van der Waals surface area contributed by atoms with E-state index in [9.17, 15) is 4.79 Å². The lowest BCUT2D eigenvalue weighted by molar-refractivity contribution is -0.0568. The second kappa shape index (κ2) is 2.03. The third-order valence-electron chi connectivity index (χ3n) is 1.51. The van der Waals surface area contributed by atoms with Gasteiger partial charge < -0.3 is 9.84 Å². The summed E-state index contributed by atoms with van der Waals surface area (Å²) in [6.45, 7) is 0. The highest BCUT2D eigenvalue weighted by Gasteiger charge is 2.29. The molecule has 0 bridgehead atoms. The van der Waals surface area contributed by atoms with E-state index in [1.165, 1.54) is 6.20 Å². The summed E-state index contributed by atoms with van der Waals surface area (Å²) >= 11 is 0. The highest BCUT2D eigenvalue weighted by molar-refractivity contribution is 5.92. The third-order valence-corrected chi connectivity index (χ3v) is 1.51. The molecular formula is C7H5NO3. The van der Waals surface area contributed by atoms with E-state index in [0.717, 1.165) is 0 Å². The van der Waals surface area contributed by atoms with Crippen LogP contribution in [0.2, 0.25) is 0 Å². The molecule has 0 fully saturated rings. The van der Waals surface area contributed by atoms with E-state index in [-0.39, 0.29) is 0 Å². The largest absolute Gasteiger partial charge is 0.426 e. The summed E-state index contributed by atoms with van der Waals surface area (Å²) in [5.41, 5.74) is 0.650. The van der Waals surface area contributed by atoms with Gasteiger partial charge in [-0.1, -0.05) is 0 Å². The number of rotatable bonds is 0. The summed E-state index contributed by atoms with van der Waals surface area (Å²) in [5, 5.41) is 9.05. The lowest BCUT2D eigenvalue weighted by Gasteiger charge is -1.97. The zero-order valence-electron chi connectivity index (χ0n) is 5.52. The molecular weight excluding hydrogens is 146 g/mol. The van der Waals surface area contributed by atoms with Crippen molar-refractivity contribution in [2.45, 2.75) is 6.29 Å². The fourth-order valence-corrected chi connectivity index (χ4v) is 1.01. The van der Waals surface area contributed by atoms with Crippen LogP contribution in [0.3, 0.4) is 0 Å². The maximum atomic E-state index is 10.9. The lowest BCUT2D eigenvalue weighted by atomic mass is 10.2. The van der Waals surface area contributed by atoms with Crippen molar-refractivity contribution in [2.24, 2.45) is 0 Å². The Morgan fingerprint density at radius 1 is 1.64 bits per heavy atom. The maximum Gasteiger partial charge on any atom is 0.342 e. The van der Waals surface area contributed by atoms with E-state index in [1.54, 1.807) is 12.1 Å². The molecule has 1 unspecified atom stereocenters. The summed E-state index contributed by atoms with van der Waals surface area (Å²) in [6, 6.07) is 3.19. The molecule has 2 rings (SSSR count). The van der Waals surface area contributed by atoms with Gasteiger partial charge in [-0.05, 0) is 12.1 Å². The number of hydrogen-bond acceptors (Lipinski definition) is 4. The molecule has 1 aromatic rings. The average Bonchev–Trinajstić information content (AvgIpc) is 2.30. The SMILES string of the molecule is O=C1OC(O)c2ncccc21. The number of pyridine rings is 1. The molecule has 0 amide bonds. The first-order valence-electron chi connectivity index (χ1n) is 3.13. The standard InChI is InChI=1S/C7H5NO3/c9-6-4-2-1-3-8-5(4)7(10)11-6/h1-3,7,10H. The molecule has 0 aromatic carbocycles. The second-order valence-electron chi connectivity index (χ2n) is 2.19. The summed E-state index contributed by atoms with van der Waals surface area (Å²) in [6.07, 6.45) is 0.322. The van der Waals surface area contributed by atoms with Crippen molar-refractivity contribution in [1.82, 2.24) is 4.98 Å². The molecule has 1 atom stereocenters. The van der Waals surface area contributed by atoms with Crippen LogP contribution in [-0.4, -0.2) is 16.1 Å². The van der Waals surface area contributed by atoms with Crippen molar-refractivity contribution in [3.63, 3.8) is 0 Å². The van der Waals surface area contributed by atoms with Gasteiger partial charge in [0.25, 0.3) is 0 Å². The van der Waals surface area contributed by atoms with Crippen molar-refractivity contribution < 1.29 is 14.6 Å². The van der Waals surface area contributed by atoms with E-state index in [0.29, 0.717) is 11.3 Å². The van der Waals surface area contributed by atoms with E-state index < -0.39 is 12.3 Å². The Bertz CT molecular complexity index is 310. The highest BCUT2D eigenvalue weighted by Crippen LogP contribution is 2.25. The fraction of sp³-hybridized carbons (Fsp3) is 0.143. The predicted octanol–water partition coefficient (Wildman–Crippen LogP) is 0.243. The van der Waals surface area contributed by atoms with Gasteiger partial charge in [0, 0.05) is 6.20 Å². The van der Waals surface area contributed by atoms with Gasteiger partial charge in [-0.3, -0.25) is 4.98 Å². The molecule has 1 N–H and O–H groups in total. The molecule has 2 heterocycles. The maximum absolute atomic E-state index is 10.9. The van der Waals surface area contributed by atoms with E-state index in [2.05, 4.69) is 9.72 Å². The van der Waals surface area contributed by atoms with Crippen molar-refractivity contribution >= 4 is 5.97 Å². The Kier molecular flexibility index (Phi) is 1.16. The predicted molar refractivity (Wildman–Crippen MR) is 34.6 cm³/mol. The van der Waals surface area contributed by atoms with Gasteiger partial charge in [-0.15, -0.1) is 0 Å². The van der Waals surface area contributed by atoms with Crippen LogP contribution in [0.4, 0.5) is 0 Å². The molecule has 1 aliphatic heterocycles. The van der Waals surface area contributed by atoms with Gasteiger partial charge in [0.1, 0.15) is 5.69 Å². The highest BCUT2D eigenvalue weighted by atomic mass is 16.6. The minimum atomic E-state index is -1.18. The molecule has 11 heavy (non-hydrogen) atoms. The molecule has 0 saturated carbocycles. The van der Waals surface area contributed by atoms with E-state index in [1.807, 2.05) is 0 Å². The van der Waals surface area contributed by atoms with Gasteiger partial charge >= 0.3 is 5.97 Å². The van der Waals surface area contributed by atoms with E-state index in [4.69, 9.17) is 5.11 Å². The van der Waals surface area contributed by atoms with E-state index >= 15 is 0 Å². The number of ether oxygens (including phenoxy) is 1. The number of esters is 1. The molecule has 1 aromatic heterocycles. The lowest BCUT2D eigenvalue weighted by Crippen LogP contribution is -1.96. The topological polar surface area (TPSA) is 59.4 Å². The third kappa shape index (κ3) is 0.798. The average molecular weight is 151 g/mol. The smallest absolute Gasteiger partial charge is 0.342 e. The second-order valence-corrected chi connectivity index (χ2v) is 2.19. The zero-order valence-corrected chi connectivity index (χ0v) is 5.52. The molecule has 56 valence electrons. The number of aliphatic hydroxyl groups excluding tert-OH is 1. The monoisotopic (exact) mass is 151 g/mol. The molecule has 0 aliphatic carbocycles. The van der Waals surface area contributed by atoms with Crippen molar-refractivity contribution in [1.29, 1.82) is 0 Å². The van der Waals surface area contributed by atoms with Crippen molar-refractivity contribution in [3.8, 4) is 0 Å². The molecule has 4 heteroatoms. The Morgan fingerprint density at radius 3 is 3.18 bits per heavy atom. The van der Waals surface area contributed by atoms with Gasteiger partial charge in [0.2, 0.25) is 6.29 Å². The summed E-state index contributed by atoms with van der Waals surface area (Å²) in [7, 11) is 0. The summed E-state index contributed by atoms with van der Waals surface area (Å²) in [5.74, 6) is -0.513. The van der Waals surface area contributed by atoms with Crippen molar-refractivity contribution in [2.75, 3.05) is 0 Å². The van der Waals surface area contributed by atoms with Gasteiger partial charge in [0.05, 0.1) is 5.56 Å². The minimum absolute atomic E-state index is 0.303. The molecule has 4 nitrogen and oxygen atoms in total. The molecule has 0 saturated heterocycles. The number of fused-ring (bicyclic) bond motifs is 1. The Balaban J connectivity index is 2.60. The molecule has 1 aliphatic rings. The summed E-state index contributed by atoms with van der Waals surface area (Å²) < 4.78 is 4.49. The number of carbonyl (C=O) groups excluding carboxylic acids is 1. The first-order valence-corrected chi connectivity index (χ1v) is 3.13. The minimum Gasteiger partial charge on any atom is -0.426 e. The zero-order chi connectivity index (χ0) is 7.84. The molecule has 0 radical (unpaired) electrons. The fourth-order valence-electron chi connectivity index (χ4n) is 1.01. The number of cyclic esters (lactones) is 1. The first kappa shape index (κ1) is 6.30. The van der Waals surface area contributed by atoms with Crippen LogP contribution in [-0.2, 0) is 4.74 Å². The van der Waals surface area contributed by atoms with Gasteiger partial charge in [-0.2, -0.15) is 0 Å². The Labute approximate surface area is 62.4 Å². The number of aromatic nitrogens is 1. The Hall–Kier alpha value is -1.42. The van der Waals surface area contributed by atoms with Crippen LogP contribution in [0.5, 0.6) is 0 Å². The number of hydrogen-bond donors (Lipinski definition) is 1. The quantitative estimate of drug-likeness (QED) is 0.539. The van der Waals surface area contributed by atoms with Gasteiger partial charge in [0.15, 0.2) is 0 Å².